The Morgan fingerprint density at radius 1 is 1.22 bits per heavy atom. The van der Waals surface area contributed by atoms with Gasteiger partial charge >= 0.3 is 0 Å². The summed E-state index contributed by atoms with van der Waals surface area (Å²) in [5.74, 6) is 1.67. The van der Waals surface area contributed by atoms with Gasteiger partial charge in [0.1, 0.15) is 0 Å². The van der Waals surface area contributed by atoms with Crippen molar-refractivity contribution < 1.29 is 9.53 Å². The Morgan fingerprint density at radius 2 is 1.83 bits per heavy atom. The highest BCUT2D eigenvalue weighted by atomic mass is 16.5. The van der Waals surface area contributed by atoms with E-state index in [1.54, 1.807) is 0 Å². The molecule has 0 spiro atoms. The Balaban J connectivity index is 2.01. The zero-order valence-corrected chi connectivity index (χ0v) is 12.2. The fourth-order valence-electron chi connectivity index (χ4n) is 3.59. The normalized spacial score (nSPS) is 35.8. The first-order valence-corrected chi connectivity index (χ1v) is 7.42. The van der Waals surface area contributed by atoms with Gasteiger partial charge in [0, 0.05) is 31.2 Å². The molecule has 0 aromatic carbocycles. The molecule has 4 atom stereocenters. The number of ether oxygens (including phenoxy) is 1. The van der Waals surface area contributed by atoms with E-state index in [4.69, 9.17) is 4.74 Å². The van der Waals surface area contributed by atoms with E-state index in [1.165, 1.54) is 0 Å². The van der Waals surface area contributed by atoms with Gasteiger partial charge in [-0.05, 0) is 44.9 Å². The Labute approximate surface area is 111 Å². The highest BCUT2D eigenvalue weighted by molar-refractivity contribution is 5.79. The molecule has 2 fully saturated rings. The number of carbonyl (C=O) groups excluding carboxylic acids is 1. The van der Waals surface area contributed by atoms with E-state index in [1.807, 2.05) is 0 Å². The average Bonchev–Trinajstić information content (AvgIpc) is 2.63. The molecule has 0 saturated carbocycles. The van der Waals surface area contributed by atoms with Crippen LogP contribution >= 0.6 is 0 Å². The van der Waals surface area contributed by atoms with E-state index in [2.05, 4.69) is 32.6 Å². The van der Waals surface area contributed by atoms with Gasteiger partial charge in [-0.2, -0.15) is 0 Å². The summed E-state index contributed by atoms with van der Waals surface area (Å²) >= 11 is 0. The van der Waals surface area contributed by atoms with Crippen molar-refractivity contribution in [2.45, 2.75) is 59.0 Å². The van der Waals surface area contributed by atoms with Gasteiger partial charge in [0.2, 0.25) is 5.91 Å². The summed E-state index contributed by atoms with van der Waals surface area (Å²) in [4.78, 5) is 14.8. The first-order valence-electron chi connectivity index (χ1n) is 7.42. The smallest absolute Gasteiger partial charge is 0.226 e. The fraction of sp³-hybridized carbons (Fsp3) is 0.933. The van der Waals surface area contributed by atoms with Crippen LogP contribution in [0.5, 0.6) is 0 Å². The van der Waals surface area contributed by atoms with Crippen molar-refractivity contribution in [1.82, 2.24) is 4.90 Å². The maximum atomic E-state index is 12.7. The van der Waals surface area contributed by atoms with E-state index < -0.39 is 0 Å². The molecule has 104 valence electrons. The molecule has 0 N–H and O–H groups in total. The Bertz CT molecular complexity index is 299. The topological polar surface area (TPSA) is 29.5 Å². The van der Waals surface area contributed by atoms with Gasteiger partial charge in [-0.3, -0.25) is 4.79 Å². The van der Waals surface area contributed by atoms with E-state index >= 15 is 0 Å². The SMILES string of the molecule is CC1CC(C)N(C(=O)C(C)C2CCOCC2)C1C. The molecular formula is C15H27NO2. The summed E-state index contributed by atoms with van der Waals surface area (Å²) in [5, 5.41) is 0. The molecule has 2 aliphatic heterocycles. The fourth-order valence-corrected chi connectivity index (χ4v) is 3.59. The second kappa shape index (κ2) is 5.60. The van der Waals surface area contributed by atoms with Crippen LogP contribution < -0.4 is 0 Å². The molecule has 0 radical (unpaired) electrons. The molecule has 3 heteroatoms. The minimum Gasteiger partial charge on any atom is -0.381 e. The summed E-state index contributed by atoms with van der Waals surface area (Å²) < 4.78 is 5.39. The molecule has 2 aliphatic rings. The van der Waals surface area contributed by atoms with E-state index in [-0.39, 0.29) is 5.92 Å². The van der Waals surface area contributed by atoms with Crippen LogP contribution in [0.25, 0.3) is 0 Å². The maximum absolute atomic E-state index is 12.7. The van der Waals surface area contributed by atoms with Gasteiger partial charge in [-0.25, -0.2) is 0 Å². The minimum absolute atomic E-state index is 0.157. The van der Waals surface area contributed by atoms with Crippen LogP contribution in [0.1, 0.15) is 47.0 Å². The van der Waals surface area contributed by atoms with Crippen molar-refractivity contribution in [2.24, 2.45) is 17.8 Å². The highest BCUT2D eigenvalue weighted by Crippen LogP contribution is 2.33. The number of carbonyl (C=O) groups is 1. The van der Waals surface area contributed by atoms with E-state index in [9.17, 15) is 4.79 Å². The zero-order chi connectivity index (χ0) is 13.3. The van der Waals surface area contributed by atoms with Gasteiger partial charge in [-0.1, -0.05) is 13.8 Å². The van der Waals surface area contributed by atoms with Crippen molar-refractivity contribution in [2.75, 3.05) is 13.2 Å². The van der Waals surface area contributed by atoms with Gasteiger partial charge in [-0.15, -0.1) is 0 Å². The quantitative estimate of drug-likeness (QED) is 0.757. The second-order valence-corrected chi connectivity index (χ2v) is 6.29. The van der Waals surface area contributed by atoms with Gasteiger partial charge in [0.25, 0.3) is 0 Å². The van der Waals surface area contributed by atoms with Crippen molar-refractivity contribution >= 4 is 5.91 Å². The number of rotatable bonds is 2. The Hall–Kier alpha value is -0.570. The summed E-state index contributed by atoms with van der Waals surface area (Å²) in [5.41, 5.74) is 0. The van der Waals surface area contributed by atoms with E-state index in [0.717, 1.165) is 32.5 Å². The van der Waals surface area contributed by atoms with Crippen LogP contribution in [-0.4, -0.2) is 36.1 Å². The van der Waals surface area contributed by atoms with Crippen LogP contribution in [0, 0.1) is 17.8 Å². The molecule has 2 rings (SSSR count). The van der Waals surface area contributed by atoms with Gasteiger partial charge in [0.05, 0.1) is 0 Å². The lowest BCUT2D eigenvalue weighted by atomic mass is 9.86. The zero-order valence-electron chi connectivity index (χ0n) is 12.2. The molecule has 2 saturated heterocycles. The van der Waals surface area contributed by atoms with Crippen molar-refractivity contribution in [3.63, 3.8) is 0 Å². The largest absolute Gasteiger partial charge is 0.381 e. The lowest BCUT2D eigenvalue weighted by Crippen LogP contribution is -2.44. The molecule has 0 bridgehead atoms. The summed E-state index contributed by atoms with van der Waals surface area (Å²) in [6, 6.07) is 0.805. The third-order valence-corrected chi connectivity index (χ3v) is 5.07. The first-order chi connectivity index (χ1) is 8.52. The maximum Gasteiger partial charge on any atom is 0.226 e. The number of likely N-dealkylation sites (tertiary alicyclic amines) is 1. The summed E-state index contributed by atoms with van der Waals surface area (Å²) in [7, 11) is 0. The molecular weight excluding hydrogens is 226 g/mol. The van der Waals surface area contributed by atoms with Gasteiger partial charge in [0.15, 0.2) is 0 Å². The first kappa shape index (κ1) is 13.9. The number of hydrogen-bond donors (Lipinski definition) is 0. The van der Waals surface area contributed by atoms with Crippen LogP contribution in [0.4, 0.5) is 0 Å². The number of nitrogens with zero attached hydrogens (tertiary/aromatic N) is 1. The molecule has 1 amide bonds. The molecule has 3 nitrogen and oxygen atoms in total. The second-order valence-electron chi connectivity index (χ2n) is 6.29. The van der Waals surface area contributed by atoms with Crippen LogP contribution in [0.2, 0.25) is 0 Å². The highest BCUT2D eigenvalue weighted by Gasteiger charge is 2.39. The molecule has 0 aliphatic carbocycles. The third-order valence-electron chi connectivity index (χ3n) is 5.07. The molecule has 2 heterocycles. The third kappa shape index (κ3) is 2.56. The Morgan fingerprint density at radius 3 is 2.33 bits per heavy atom. The van der Waals surface area contributed by atoms with Crippen LogP contribution in [-0.2, 0) is 9.53 Å². The number of amides is 1. The lowest BCUT2D eigenvalue weighted by Gasteiger charge is -2.34. The predicted molar refractivity (Wildman–Crippen MR) is 72.3 cm³/mol. The van der Waals surface area contributed by atoms with E-state index in [0.29, 0.717) is 29.8 Å². The number of hydrogen-bond acceptors (Lipinski definition) is 2. The minimum atomic E-state index is 0.157. The molecule has 0 aromatic rings. The van der Waals surface area contributed by atoms with Gasteiger partial charge < -0.3 is 9.64 Å². The Kier molecular flexibility index (Phi) is 4.31. The van der Waals surface area contributed by atoms with Crippen molar-refractivity contribution in [3.05, 3.63) is 0 Å². The average molecular weight is 253 g/mol. The lowest BCUT2D eigenvalue weighted by molar-refractivity contribution is -0.140. The standard InChI is InChI=1S/C15H27NO2/c1-10-9-11(2)16(13(10)4)15(17)12(3)14-5-7-18-8-6-14/h10-14H,5-9H2,1-4H3. The summed E-state index contributed by atoms with van der Waals surface area (Å²) in [6.45, 7) is 10.4. The summed E-state index contributed by atoms with van der Waals surface area (Å²) in [6.07, 6.45) is 3.23. The molecule has 18 heavy (non-hydrogen) atoms. The van der Waals surface area contributed by atoms with Crippen LogP contribution in [0.3, 0.4) is 0 Å². The molecule has 4 unspecified atom stereocenters. The van der Waals surface area contributed by atoms with Crippen LogP contribution in [0.15, 0.2) is 0 Å². The molecule has 0 aromatic heterocycles. The predicted octanol–water partition coefficient (Wildman–Crippen LogP) is 2.69. The monoisotopic (exact) mass is 253 g/mol. The van der Waals surface area contributed by atoms with Crippen molar-refractivity contribution in [1.29, 1.82) is 0 Å². The van der Waals surface area contributed by atoms with Crippen molar-refractivity contribution in [3.8, 4) is 0 Å².